The second-order valence-corrected chi connectivity index (χ2v) is 10.1. The summed E-state index contributed by atoms with van der Waals surface area (Å²) in [5.41, 5.74) is 1.73. The fourth-order valence-corrected chi connectivity index (χ4v) is 5.38. The van der Waals surface area contributed by atoms with E-state index in [4.69, 9.17) is 33.3 Å². The number of ether oxygens (including phenoxy) is 2. The molecule has 1 amide bonds. The van der Waals surface area contributed by atoms with Crippen LogP contribution in [0.2, 0.25) is 5.02 Å². The van der Waals surface area contributed by atoms with Crippen LogP contribution in [0.3, 0.4) is 0 Å². The highest BCUT2D eigenvalue weighted by atomic mass is 79.9. The summed E-state index contributed by atoms with van der Waals surface area (Å²) >= 11 is 16.2. The molecule has 1 aliphatic rings. The van der Waals surface area contributed by atoms with Gasteiger partial charge in [-0.15, -0.1) is 0 Å². The fourth-order valence-electron chi connectivity index (χ4n) is 3.32. The lowest BCUT2D eigenvalue weighted by molar-refractivity contribution is -0.384. The maximum Gasteiger partial charge on any atom is 0.271 e. The molecule has 0 N–H and O–H groups in total. The van der Waals surface area contributed by atoms with Gasteiger partial charge in [-0.1, -0.05) is 59.8 Å². The fraction of sp³-hybridized carbons (Fsp3) is 0.0833. The first-order valence-electron chi connectivity index (χ1n) is 10.0. The monoisotopic (exact) mass is 590 g/mol. The molecule has 0 radical (unpaired) electrons. The van der Waals surface area contributed by atoms with Crippen LogP contribution in [0.5, 0.6) is 11.5 Å². The van der Waals surface area contributed by atoms with E-state index >= 15 is 0 Å². The van der Waals surface area contributed by atoms with Crippen molar-refractivity contribution in [3.05, 3.63) is 96.3 Å². The Morgan fingerprint density at radius 1 is 1.20 bits per heavy atom. The summed E-state index contributed by atoms with van der Waals surface area (Å²) in [6, 6.07) is 16.7. The number of hydrogen-bond acceptors (Lipinski definition) is 7. The number of non-ortho nitro benzene ring substituents is 1. The molecule has 0 saturated carbocycles. The highest BCUT2D eigenvalue weighted by Crippen LogP contribution is 2.41. The molecule has 35 heavy (non-hydrogen) atoms. The molecule has 1 aliphatic heterocycles. The summed E-state index contributed by atoms with van der Waals surface area (Å²) in [6.07, 6.45) is 1.68. The molecular weight excluding hydrogens is 576 g/mol. The van der Waals surface area contributed by atoms with E-state index < -0.39 is 4.92 Å². The Morgan fingerprint density at radius 3 is 2.69 bits per heavy atom. The third-order valence-corrected chi connectivity index (χ3v) is 7.23. The number of nitro benzene ring substituents is 1. The second-order valence-electron chi connectivity index (χ2n) is 7.21. The third-order valence-electron chi connectivity index (χ3n) is 4.97. The topological polar surface area (TPSA) is 81.9 Å². The maximum atomic E-state index is 13.1. The summed E-state index contributed by atoms with van der Waals surface area (Å²) < 4.78 is 12.4. The lowest BCUT2D eigenvalue weighted by Crippen LogP contribution is -2.27. The van der Waals surface area contributed by atoms with Gasteiger partial charge in [0.2, 0.25) is 0 Å². The summed E-state index contributed by atoms with van der Waals surface area (Å²) in [6.45, 7) is 0.246. The molecule has 0 unspecified atom stereocenters. The van der Waals surface area contributed by atoms with Crippen LogP contribution in [0.1, 0.15) is 11.1 Å². The molecule has 3 aromatic carbocycles. The van der Waals surface area contributed by atoms with Crippen molar-refractivity contribution in [2.45, 2.75) is 6.61 Å². The van der Waals surface area contributed by atoms with Gasteiger partial charge in [0.1, 0.15) is 6.61 Å². The molecule has 178 valence electrons. The number of benzene rings is 3. The van der Waals surface area contributed by atoms with Crippen LogP contribution < -0.4 is 14.4 Å². The number of nitrogens with zero attached hydrogens (tertiary/aromatic N) is 2. The summed E-state index contributed by atoms with van der Waals surface area (Å²) in [7, 11) is 1.52. The minimum atomic E-state index is -0.518. The lowest BCUT2D eigenvalue weighted by Gasteiger charge is -2.15. The number of carbonyl (C=O) groups is 1. The number of halogens is 2. The Morgan fingerprint density at radius 2 is 1.97 bits per heavy atom. The molecule has 11 heteroatoms. The van der Waals surface area contributed by atoms with Gasteiger partial charge < -0.3 is 9.47 Å². The van der Waals surface area contributed by atoms with Crippen molar-refractivity contribution >= 4 is 79.2 Å². The van der Waals surface area contributed by atoms with E-state index in [0.717, 1.165) is 17.3 Å². The number of amides is 1. The lowest BCUT2D eigenvalue weighted by atomic mass is 10.1. The molecule has 0 spiro atoms. The zero-order valence-electron chi connectivity index (χ0n) is 18.1. The average Bonchev–Trinajstić information content (AvgIpc) is 3.11. The van der Waals surface area contributed by atoms with E-state index in [-0.39, 0.29) is 22.5 Å². The number of hydrogen-bond donors (Lipinski definition) is 0. The minimum Gasteiger partial charge on any atom is -0.493 e. The molecule has 7 nitrogen and oxygen atoms in total. The smallest absolute Gasteiger partial charge is 0.271 e. The van der Waals surface area contributed by atoms with Gasteiger partial charge in [0.05, 0.1) is 27.1 Å². The van der Waals surface area contributed by atoms with Crippen molar-refractivity contribution in [2.75, 3.05) is 12.0 Å². The number of methoxy groups -OCH3 is 1. The molecule has 0 aromatic heterocycles. The van der Waals surface area contributed by atoms with Crippen molar-refractivity contribution in [3.8, 4) is 11.5 Å². The van der Waals surface area contributed by atoms with Crippen LogP contribution >= 0.6 is 51.5 Å². The van der Waals surface area contributed by atoms with Gasteiger partial charge in [-0.25, -0.2) is 0 Å². The molecule has 1 fully saturated rings. The largest absolute Gasteiger partial charge is 0.493 e. The Labute approximate surface area is 223 Å². The highest BCUT2D eigenvalue weighted by molar-refractivity contribution is 9.10. The van der Waals surface area contributed by atoms with Gasteiger partial charge in [-0.05, 0) is 51.8 Å². The normalized spacial score (nSPS) is 14.5. The van der Waals surface area contributed by atoms with Gasteiger partial charge in [-0.2, -0.15) is 0 Å². The molecule has 3 aromatic rings. The van der Waals surface area contributed by atoms with Gasteiger partial charge >= 0.3 is 0 Å². The number of thiocarbonyl (C=S) groups is 1. The van der Waals surface area contributed by atoms with Crippen LogP contribution in [0.4, 0.5) is 11.4 Å². The number of rotatable bonds is 7. The standard InChI is InChI=1S/C24H16BrClN2O5S2/c1-32-20-10-14(9-18(25)22(20)33-13-15-5-2-3-8-19(15)26)11-21-23(29)27(24(34)35-21)16-6-4-7-17(12-16)28(30)31/h2-12H,13H2,1H3/b21-11-. The van der Waals surface area contributed by atoms with Crippen molar-refractivity contribution in [1.82, 2.24) is 0 Å². The van der Waals surface area contributed by atoms with Crippen molar-refractivity contribution in [3.63, 3.8) is 0 Å². The third kappa shape index (κ3) is 5.51. The zero-order chi connectivity index (χ0) is 25.1. The van der Waals surface area contributed by atoms with E-state index in [0.29, 0.717) is 37.2 Å². The van der Waals surface area contributed by atoms with Crippen LogP contribution in [-0.2, 0) is 11.4 Å². The summed E-state index contributed by atoms with van der Waals surface area (Å²) in [5, 5.41) is 11.7. The Bertz CT molecular complexity index is 1380. The molecule has 0 bridgehead atoms. The predicted octanol–water partition coefficient (Wildman–Crippen LogP) is 7.00. The van der Waals surface area contributed by atoms with Crippen molar-refractivity contribution in [2.24, 2.45) is 0 Å². The quantitative estimate of drug-likeness (QED) is 0.127. The number of nitro groups is 1. The van der Waals surface area contributed by atoms with Gasteiger partial charge in [-0.3, -0.25) is 19.8 Å². The first kappa shape index (κ1) is 25.2. The maximum absolute atomic E-state index is 13.1. The summed E-state index contributed by atoms with van der Waals surface area (Å²) in [4.78, 5) is 25.4. The number of thioether (sulfide) groups is 1. The van der Waals surface area contributed by atoms with E-state index in [1.807, 2.05) is 18.2 Å². The summed E-state index contributed by atoms with van der Waals surface area (Å²) in [5.74, 6) is 0.593. The Balaban J connectivity index is 1.59. The van der Waals surface area contributed by atoms with Crippen LogP contribution in [0.25, 0.3) is 6.08 Å². The van der Waals surface area contributed by atoms with E-state index in [1.54, 1.807) is 30.3 Å². The van der Waals surface area contributed by atoms with Crippen LogP contribution in [-0.4, -0.2) is 22.3 Å². The first-order valence-corrected chi connectivity index (χ1v) is 12.4. The zero-order valence-corrected chi connectivity index (χ0v) is 22.0. The van der Waals surface area contributed by atoms with Gasteiger partial charge in [0.15, 0.2) is 15.8 Å². The Kier molecular flexibility index (Phi) is 7.75. The van der Waals surface area contributed by atoms with Crippen LogP contribution in [0, 0.1) is 10.1 Å². The van der Waals surface area contributed by atoms with Crippen LogP contribution in [0.15, 0.2) is 70.0 Å². The SMILES string of the molecule is COc1cc(/C=C2\SC(=S)N(c3cccc([N+](=O)[O-])c3)C2=O)cc(Br)c1OCc1ccccc1Cl. The van der Waals surface area contributed by atoms with E-state index in [9.17, 15) is 14.9 Å². The number of carbonyl (C=O) groups excluding carboxylic acids is 1. The molecule has 1 heterocycles. The van der Waals surface area contributed by atoms with E-state index in [2.05, 4.69) is 15.9 Å². The highest BCUT2D eigenvalue weighted by Gasteiger charge is 2.34. The number of anilines is 1. The van der Waals surface area contributed by atoms with Crippen molar-refractivity contribution < 1.29 is 19.2 Å². The second kappa shape index (κ2) is 10.8. The molecule has 0 aliphatic carbocycles. The van der Waals surface area contributed by atoms with Gasteiger partial charge in [0, 0.05) is 22.7 Å². The first-order chi connectivity index (χ1) is 16.8. The minimum absolute atomic E-state index is 0.124. The Hall–Kier alpha value is -2.92. The van der Waals surface area contributed by atoms with E-state index in [1.165, 1.54) is 30.2 Å². The molecule has 4 rings (SSSR count). The van der Waals surface area contributed by atoms with Gasteiger partial charge in [0.25, 0.3) is 11.6 Å². The molecule has 0 atom stereocenters. The molecule has 1 saturated heterocycles. The predicted molar refractivity (Wildman–Crippen MR) is 145 cm³/mol. The van der Waals surface area contributed by atoms with Crippen molar-refractivity contribution in [1.29, 1.82) is 0 Å². The average molecular weight is 592 g/mol. The molecular formula is C24H16BrClN2O5S2.